The highest BCUT2D eigenvalue weighted by Crippen LogP contribution is 2.09. The Hall–Kier alpha value is -0.340. The fourth-order valence-corrected chi connectivity index (χ4v) is 1.46. The number of hydrogen-bond acceptors (Lipinski definition) is 2. The van der Waals surface area contributed by atoms with Crippen LogP contribution in [0, 0.1) is 0 Å². The lowest BCUT2D eigenvalue weighted by Gasteiger charge is -2.27. The molecule has 0 saturated heterocycles. The predicted molar refractivity (Wildman–Crippen MR) is 53.3 cm³/mol. The SMILES string of the molecule is CNC(C)CN1CC=C(C)CC1. The summed E-state index contributed by atoms with van der Waals surface area (Å²) in [4.78, 5) is 2.49. The molecule has 0 aromatic carbocycles. The molecule has 0 fully saturated rings. The third-order valence-corrected chi connectivity index (χ3v) is 2.55. The van der Waals surface area contributed by atoms with Gasteiger partial charge in [0.1, 0.15) is 0 Å². The van der Waals surface area contributed by atoms with E-state index in [0.717, 1.165) is 6.54 Å². The van der Waals surface area contributed by atoms with Gasteiger partial charge in [-0.1, -0.05) is 11.6 Å². The summed E-state index contributed by atoms with van der Waals surface area (Å²) in [7, 11) is 2.02. The van der Waals surface area contributed by atoms with Crippen LogP contribution in [-0.4, -0.2) is 37.6 Å². The van der Waals surface area contributed by atoms with Crippen LogP contribution in [0.25, 0.3) is 0 Å². The summed E-state index contributed by atoms with van der Waals surface area (Å²) in [5, 5.41) is 3.26. The molecule has 1 N–H and O–H groups in total. The lowest BCUT2D eigenvalue weighted by Crippen LogP contribution is -2.39. The first-order valence-electron chi connectivity index (χ1n) is 4.77. The Balaban J connectivity index is 2.27. The molecule has 1 unspecified atom stereocenters. The van der Waals surface area contributed by atoms with E-state index in [4.69, 9.17) is 0 Å². The minimum Gasteiger partial charge on any atom is -0.316 e. The van der Waals surface area contributed by atoms with Gasteiger partial charge >= 0.3 is 0 Å². The highest BCUT2D eigenvalue weighted by atomic mass is 15.1. The molecular weight excluding hydrogens is 148 g/mol. The Labute approximate surface area is 75.6 Å². The van der Waals surface area contributed by atoms with Gasteiger partial charge in [-0.05, 0) is 27.3 Å². The van der Waals surface area contributed by atoms with Gasteiger partial charge in [-0.15, -0.1) is 0 Å². The smallest absolute Gasteiger partial charge is 0.0166 e. The molecule has 1 aliphatic rings. The van der Waals surface area contributed by atoms with Crippen molar-refractivity contribution in [3.8, 4) is 0 Å². The zero-order valence-corrected chi connectivity index (χ0v) is 8.43. The molecule has 0 amide bonds. The van der Waals surface area contributed by atoms with Gasteiger partial charge in [0.05, 0.1) is 0 Å². The maximum absolute atomic E-state index is 3.26. The number of rotatable bonds is 3. The Morgan fingerprint density at radius 2 is 2.42 bits per heavy atom. The van der Waals surface area contributed by atoms with Crippen LogP contribution >= 0.6 is 0 Å². The minimum atomic E-state index is 0.608. The van der Waals surface area contributed by atoms with Gasteiger partial charge in [-0.2, -0.15) is 0 Å². The molecule has 0 radical (unpaired) electrons. The molecule has 2 heteroatoms. The van der Waals surface area contributed by atoms with Gasteiger partial charge in [0.2, 0.25) is 0 Å². The van der Waals surface area contributed by atoms with Crippen molar-refractivity contribution in [3.63, 3.8) is 0 Å². The van der Waals surface area contributed by atoms with Crippen molar-refractivity contribution in [1.29, 1.82) is 0 Å². The summed E-state index contributed by atoms with van der Waals surface area (Å²) in [5.41, 5.74) is 1.54. The van der Waals surface area contributed by atoms with Gasteiger partial charge in [0, 0.05) is 25.7 Å². The van der Waals surface area contributed by atoms with E-state index in [2.05, 4.69) is 30.1 Å². The lowest BCUT2D eigenvalue weighted by atomic mass is 10.1. The van der Waals surface area contributed by atoms with Crippen molar-refractivity contribution in [3.05, 3.63) is 11.6 Å². The lowest BCUT2D eigenvalue weighted by molar-refractivity contribution is 0.268. The Morgan fingerprint density at radius 3 is 2.92 bits per heavy atom. The third-order valence-electron chi connectivity index (χ3n) is 2.55. The highest BCUT2D eigenvalue weighted by molar-refractivity contribution is 5.03. The molecule has 0 bridgehead atoms. The van der Waals surface area contributed by atoms with Gasteiger partial charge < -0.3 is 5.32 Å². The summed E-state index contributed by atoms with van der Waals surface area (Å²) < 4.78 is 0. The van der Waals surface area contributed by atoms with Crippen LogP contribution in [-0.2, 0) is 0 Å². The van der Waals surface area contributed by atoms with E-state index < -0.39 is 0 Å². The maximum atomic E-state index is 3.26. The van der Waals surface area contributed by atoms with Crippen molar-refractivity contribution < 1.29 is 0 Å². The molecular formula is C10H20N2. The van der Waals surface area contributed by atoms with Crippen molar-refractivity contribution in [1.82, 2.24) is 10.2 Å². The van der Waals surface area contributed by atoms with E-state index in [1.54, 1.807) is 5.57 Å². The molecule has 12 heavy (non-hydrogen) atoms. The maximum Gasteiger partial charge on any atom is 0.0166 e. The van der Waals surface area contributed by atoms with Crippen LogP contribution in [0.3, 0.4) is 0 Å². The van der Waals surface area contributed by atoms with E-state index in [0.29, 0.717) is 6.04 Å². The van der Waals surface area contributed by atoms with Gasteiger partial charge in [-0.25, -0.2) is 0 Å². The monoisotopic (exact) mass is 168 g/mol. The summed E-state index contributed by atoms with van der Waals surface area (Å²) in [6.45, 7) is 7.98. The Bertz CT molecular complexity index is 163. The second kappa shape index (κ2) is 4.63. The first-order chi connectivity index (χ1) is 5.72. The van der Waals surface area contributed by atoms with Crippen LogP contribution in [0.15, 0.2) is 11.6 Å². The topological polar surface area (TPSA) is 15.3 Å². The Morgan fingerprint density at radius 1 is 1.67 bits per heavy atom. The molecule has 0 aromatic rings. The average molecular weight is 168 g/mol. The molecule has 1 rings (SSSR count). The molecule has 0 aromatic heterocycles. The fourth-order valence-electron chi connectivity index (χ4n) is 1.46. The van der Waals surface area contributed by atoms with E-state index in [-0.39, 0.29) is 0 Å². The molecule has 0 spiro atoms. The number of hydrogen-bond donors (Lipinski definition) is 1. The van der Waals surface area contributed by atoms with Crippen LogP contribution in [0.1, 0.15) is 20.3 Å². The number of nitrogens with zero attached hydrogens (tertiary/aromatic N) is 1. The van der Waals surface area contributed by atoms with E-state index in [1.807, 2.05) is 7.05 Å². The fraction of sp³-hybridized carbons (Fsp3) is 0.800. The third kappa shape index (κ3) is 2.95. The van der Waals surface area contributed by atoms with Crippen LogP contribution < -0.4 is 5.32 Å². The molecule has 0 aliphatic carbocycles. The first kappa shape index (κ1) is 9.75. The largest absolute Gasteiger partial charge is 0.316 e. The summed E-state index contributed by atoms with van der Waals surface area (Å²) in [6.07, 6.45) is 3.59. The molecule has 1 heterocycles. The van der Waals surface area contributed by atoms with E-state index in [1.165, 1.54) is 19.5 Å². The van der Waals surface area contributed by atoms with Crippen LogP contribution in [0.4, 0.5) is 0 Å². The van der Waals surface area contributed by atoms with Crippen molar-refractivity contribution in [2.45, 2.75) is 26.3 Å². The normalized spacial score (nSPS) is 22.1. The summed E-state index contributed by atoms with van der Waals surface area (Å²) >= 11 is 0. The second-order valence-corrected chi connectivity index (χ2v) is 3.75. The Kier molecular flexibility index (Phi) is 3.76. The van der Waals surface area contributed by atoms with Crippen LogP contribution in [0.5, 0.6) is 0 Å². The van der Waals surface area contributed by atoms with Crippen molar-refractivity contribution >= 4 is 0 Å². The molecule has 70 valence electrons. The minimum absolute atomic E-state index is 0.608. The highest BCUT2D eigenvalue weighted by Gasteiger charge is 2.10. The van der Waals surface area contributed by atoms with Crippen LogP contribution in [0.2, 0.25) is 0 Å². The zero-order valence-electron chi connectivity index (χ0n) is 8.43. The predicted octanol–water partition coefficient (Wildman–Crippen LogP) is 1.25. The average Bonchev–Trinajstić information content (AvgIpc) is 2.09. The second-order valence-electron chi connectivity index (χ2n) is 3.75. The van der Waals surface area contributed by atoms with Crippen molar-refractivity contribution in [2.75, 3.05) is 26.7 Å². The number of nitrogens with one attached hydrogen (secondary N) is 1. The molecule has 0 saturated carbocycles. The molecule has 1 atom stereocenters. The van der Waals surface area contributed by atoms with Gasteiger partial charge in [0.25, 0.3) is 0 Å². The number of likely N-dealkylation sites (N-methyl/N-ethyl adjacent to an activating group) is 1. The van der Waals surface area contributed by atoms with Gasteiger partial charge in [0.15, 0.2) is 0 Å². The quantitative estimate of drug-likeness (QED) is 0.638. The van der Waals surface area contributed by atoms with E-state index in [9.17, 15) is 0 Å². The van der Waals surface area contributed by atoms with E-state index >= 15 is 0 Å². The van der Waals surface area contributed by atoms with Crippen molar-refractivity contribution in [2.24, 2.45) is 0 Å². The standard InChI is InChI=1S/C10H20N2/c1-9-4-6-12(7-5-9)8-10(2)11-3/h4,10-11H,5-8H2,1-3H3. The van der Waals surface area contributed by atoms with Gasteiger partial charge in [-0.3, -0.25) is 4.90 Å². The first-order valence-corrected chi connectivity index (χ1v) is 4.77. The zero-order chi connectivity index (χ0) is 8.97. The molecule has 1 aliphatic heterocycles. The molecule has 2 nitrogen and oxygen atoms in total. The summed E-state index contributed by atoms with van der Waals surface area (Å²) in [6, 6.07) is 0.608. The summed E-state index contributed by atoms with van der Waals surface area (Å²) in [5.74, 6) is 0.